The summed E-state index contributed by atoms with van der Waals surface area (Å²) in [5.41, 5.74) is 0.590. The average molecular weight is 391 g/mol. The molecule has 0 aliphatic carbocycles. The number of aryl methyl sites for hydroxylation is 1. The Bertz CT molecular complexity index is 932. The second kappa shape index (κ2) is 8.63. The van der Waals surface area contributed by atoms with E-state index in [2.05, 4.69) is 15.5 Å². The number of hydrogen-bond acceptors (Lipinski definition) is 6. The molecule has 0 unspecified atom stereocenters. The van der Waals surface area contributed by atoms with Gasteiger partial charge in [0.05, 0.1) is 5.75 Å². The van der Waals surface area contributed by atoms with Gasteiger partial charge in [-0.1, -0.05) is 5.16 Å². The molecule has 0 bridgehead atoms. The lowest BCUT2D eigenvalue weighted by Crippen LogP contribution is -2.13. The molecule has 3 rings (SSSR count). The van der Waals surface area contributed by atoms with Gasteiger partial charge < -0.3 is 14.6 Å². The van der Waals surface area contributed by atoms with Crippen molar-refractivity contribution in [2.45, 2.75) is 18.4 Å². The Labute approximate surface area is 157 Å². The van der Waals surface area contributed by atoms with Crippen LogP contribution in [-0.4, -0.2) is 21.8 Å². The van der Waals surface area contributed by atoms with Crippen LogP contribution in [-0.2, 0) is 11.4 Å². The Hall–Kier alpha value is -2.94. The summed E-state index contributed by atoms with van der Waals surface area (Å²) >= 11 is 1.11. The molecule has 9 heteroatoms. The largest absolute Gasteiger partial charge is 0.484 e. The Morgan fingerprint density at radius 2 is 1.96 bits per heavy atom. The molecule has 0 radical (unpaired) electrons. The molecular formula is C18H15F2N3O3S. The molecule has 27 heavy (non-hydrogen) atoms. The second-order valence-electron chi connectivity index (χ2n) is 5.46. The predicted octanol–water partition coefficient (Wildman–Crippen LogP) is 3.97. The average Bonchev–Trinajstić information content (AvgIpc) is 3.07. The summed E-state index contributed by atoms with van der Waals surface area (Å²) in [6.45, 7) is 1.87. The molecule has 0 saturated heterocycles. The van der Waals surface area contributed by atoms with E-state index < -0.39 is 11.6 Å². The fraction of sp³-hybridized carbons (Fsp3) is 0.167. The second-order valence-corrected chi connectivity index (χ2v) is 6.51. The highest BCUT2D eigenvalue weighted by Gasteiger charge is 2.08. The lowest BCUT2D eigenvalue weighted by Gasteiger charge is -2.07. The number of nitrogens with one attached hydrogen (secondary N) is 1. The topological polar surface area (TPSA) is 77.3 Å². The monoisotopic (exact) mass is 391 g/mol. The van der Waals surface area contributed by atoms with Crippen LogP contribution in [0.2, 0.25) is 0 Å². The molecule has 0 fully saturated rings. The van der Waals surface area contributed by atoms with Gasteiger partial charge in [-0.05, 0) is 49.4 Å². The summed E-state index contributed by atoms with van der Waals surface area (Å²) < 4.78 is 36.5. The minimum atomic E-state index is -0.938. The summed E-state index contributed by atoms with van der Waals surface area (Å²) in [6.07, 6.45) is 0. The third-order valence-corrected chi connectivity index (χ3v) is 4.32. The predicted molar refractivity (Wildman–Crippen MR) is 95.5 cm³/mol. The number of aromatic nitrogens is 2. The lowest BCUT2D eigenvalue weighted by molar-refractivity contribution is -0.113. The first-order chi connectivity index (χ1) is 13.0. The van der Waals surface area contributed by atoms with Gasteiger partial charge in [-0.25, -0.2) is 8.78 Å². The van der Waals surface area contributed by atoms with Crippen LogP contribution in [0.25, 0.3) is 0 Å². The SMILES string of the molecule is Cc1noc(COc2ccc(NC(=O)CSc3ccc(F)c(F)c3)cc2)n1. The minimum absolute atomic E-state index is 0.0693. The van der Waals surface area contributed by atoms with Crippen molar-refractivity contribution in [1.29, 1.82) is 0 Å². The standard InChI is InChI=1S/C18H15F2N3O3S/c1-11-21-18(26-23-11)9-25-13-4-2-12(3-5-13)22-17(24)10-27-14-6-7-15(19)16(20)8-14/h2-8H,9-10H2,1H3,(H,22,24). The smallest absolute Gasteiger partial charge is 0.264 e. The highest BCUT2D eigenvalue weighted by molar-refractivity contribution is 8.00. The number of halogens is 2. The van der Waals surface area contributed by atoms with Crippen molar-refractivity contribution in [3.8, 4) is 5.75 Å². The first-order valence-corrected chi connectivity index (χ1v) is 8.88. The first kappa shape index (κ1) is 18.8. The molecule has 3 aromatic rings. The number of hydrogen-bond donors (Lipinski definition) is 1. The van der Waals surface area contributed by atoms with Crippen LogP contribution in [0.15, 0.2) is 51.9 Å². The van der Waals surface area contributed by atoms with Gasteiger partial charge in [0.2, 0.25) is 5.91 Å². The van der Waals surface area contributed by atoms with Gasteiger partial charge in [-0.15, -0.1) is 11.8 Å². The maximum atomic E-state index is 13.1. The van der Waals surface area contributed by atoms with Crippen molar-refractivity contribution in [1.82, 2.24) is 10.1 Å². The molecule has 0 aliphatic heterocycles. The van der Waals surface area contributed by atoms with Gasteiger partial charge in [0.15, 0.2) is 24.1 Å². The van der Waals surface area contributed by atoms with Crippen LogP contribution in [0, 0.1) is 18.6 Å². The van der Waals surface area contributed by atoms with Crippen molar-refractivity contribution in [3.63, 3.8) is 0 Å². The Balaban J connectivity index is 1.47. The fourth-order valence-corrected chi connectivity index (χ4v) is 2.81. The molecule has 0 atom stereocenters. The zero-order valence-electron chi connectivity index (χ0n) is 14.2. The molecule has 1 amide bonds. The van der Waals surface area contributed by atoms with Crippen LogP contribution < -0.4 is 10.1 Å². The van der Waals surface area contributed by atoms with Gasteiger partial charge >= 0.3 is 0 Å². The van der Waals surface area contributed by atoms with Crippen molar-refractivity contribution in [2.75, 3.05) is 11.1 Å². The molecule has 0 saturated carbocycles. The van der Waals surface area contributed by atoms with Crippen molar-refractivity contribution < 1.29 is 22.8 Å². The van der Waals surface area contributed by atoms with E-state index in [1.54, 1.807) is 31.2 Å². The quantitative estimate of drug-likeness (QED) is 0.614. The Morgan fingerprint density at radius 1 is 1.19 bits per heavy atom. The third kappa shape index (κ3) is 5.52. The number of anilines is 1. The van der Waals surface area contributed by atoms with E-state index >= 15 is 0 Å². The van der Waals surface area contributed by atoms with E-state index in [0.29, 0.717) is 28.0 Å². The van der Waals surface area contributed by atoms with E-state index in [0.717, 1.165) is 23.9 Å². The van der Waals surface area contributed by atoms with Crippen LogP contribution in [0.5, 0.6) is 5.75 Å². The Kier molecular flexibility index (Phi) is 6.02. The molecule has 1 N–H and O–H groups in total. The van der Waals surface area contributed by atoms with E-state index in [1.807, 2.05) is 0 Å². The van der Waals surface area contributed by atoms with E-state index in [9.17, 15) is 13.6 Å². The fourth-order valence-electron chi connectivity index (χ4n) is 2.09. The Morgan fingerprint density at radius 3 is 2.63 bits per heavy atom. The van der Waals surface area contributed by atoms with Gasteiger partial charge in [0.1, 0.15) is 5.75 Å². The van der Waals surface area contributed by atoms with E-state index in [-0.39, 0.29) is 18.3 Å². The number of carbonyl (C=O) groups is 1. The number of thioether (sulfide) groups is 1. The number of nitrogens with zero attached hydrogens (tertiary/aromatic N) is 2. The number of benzene rings is 2. The van der Waals surface area contributed by atoms with Crippen LogP contribution in [0.4, 0.5) is 14.5 Å². The highest BCUT2D eigenvalue weighted by Crippen LogP contribution is 2.21. The van der Waals surface area contributed by atoms with E-state index in [1.165, 1.54) is 6.07 Å². The summed E-state index contributed by atoms with van der Waals surface area (Å²) in [4.78, 5) is 16.5. The zero-order valence-corrected chi connectivity index (χ0v) is 15.1. The number of amides is 1. The molecule has 1 aromatic heterocycles. The number of carbonyl (C=O) groups excluding carboxylic acids is 1. The van der Waals surface area contributed by atoms with Gasteiger partial charge in [-0.3, -0.25) is 4.79 Å². The normalized spacial score (nSPS) is 10.6. The van der Waals surface area contributed by atoms with E-state index in [4.69, 9.17) is 9.26 Å². The molecule has 6 nitrogen and oxygen atoms in total. The molecule has 1 heterocycles. The van der Waals surface area contributed by atoms with Crippen LogP contribution in [0.1, 0.15) is 11.7 Å². The summed E-state index contributed by atoms with van der Waals surface area (Å²) in [5, 5.41) is 6.39. The molecular weight excluding hydrogens is 376 g/mol. The van der Waals surface area contributed by atoms with Crippen LogP contribution >= 0.6 is 11.8 Å². The summed E-state index contributed by atoms with van der Waals surface area (Å²) in [7, 11) is 0. The third-order valence-electron chi connectivity index (χ3n) is 3.33. The molecule has 140 valence electrons. The van der Waals surface area contributed by atoms with Crippen molar-refractivity contribution in [2.24, 2.45) is 0 Å². The van der Waals surface area contributed by atoms with Crippen molar-refractivity contribution in [3.05, 3.63) is 65.8 Å². The zero-order chi connectivity index (χ0) is 19.2. The summed E-state index contributed by atoms with van der Waals surface area (Å²) in [5.74, 6) is -0.557. The molecule has 0 aliphatic rings. The maximum absolute atomic E-state index is 13.1. The maximum Gasteiger partial charge on any atom is 0.264 e. The first-order valence-electron chi connectivity index (χ1n) is 7.89. The number of ether oxygens (including phenoxy) is 1. The van der Waals surface area contributed by atoms with Gasteiger partial charge in [0, 0.05) is 10.6 Å². The highest BCUT2D eigenvalue weighted by atomic mass is 32.2. The molecule has 0 spiro atoms. The van der Waals surface area contributed by atoms with Crippen LogP contribution in [0.3, 0.4) is 0 Å². The number of rotatable bonds is 7. The van der Waals surface area contributed by atoms with Gasteiger partial charge in [-0.2, -0.15) is 4.98 Å². The summed E-state index contributed by atoms with van der Waals surface area (Å²) in [6, 6.07) is 10.3. The minimum Gasteiger partial charge on any atom is -0.484 e. The molecule has 2 aromatic carbocycles. The van der Waals surface area contributed by atoms with Crippen molar-refractivity contribution >= 4 is 23.4 Å². The van der Waals surface area contributed by atoms with Gasteiger partial charge in [0.25, 0.3) is 5.89 Å². The lowest BCUT2D eigenvalue weighted by atomic mass is 10.3.